The van der Waals surface area contributed by atoms with E-state index in [4.69, 9.17) is 9.05 Å². The van der Waals surface area contributed by atoms with E-state index in [1.165, 1.54) is 135 Å². The maximum Gasteiger partial charge on any atom is 0.396 e. The van der Waals surface area contributed by atoms with Crippen LogP contribution < -0.4 is 5.32 Å². The molecule has 0 aliphatic heterocycles. The Balaban J connectivity index is 4.22. The van der Waals surface area contributed by atoms with Gasteiger partial charge in [0.1, 0.15) is 0 Å². The Labute approximate surface area is 295 Å². The zero-order valence-electron chi connectivity index (χ0n) is 29.4. The van der Waals surface area contributed by atoms with Crippen molar-refractivity contribution in [2.24, 2.45) is 0 Å². The van der Waals surface area contributed by atoms with Crippen molar-refractivity contribution in [1.29, 1.82) is 0 Å². The summed E-state index contributed by atoms with van der Waals surface area (Å²) in [5.41, 5.74) is 0. The fourth-order valence-corrected chi connectivity index (χ4v) is 7.68. The molecule has 270 valence electrons. The van der Waals surface area contributed by atoms with Gasteiger partial charge in [0.25, 0.3) is 0 Å². The molecule has 9 heteroatoms. The lowest BCUT2D eigenvalue weighted by atomic mass is 10.0. The number of aliphatic hydroxyl groups is 1. The van der Waals surface area contributed by atoms with E-state index in [1.807, 2.05) is 0 Å². The molecule has 0 heterocycles. The van der Waals surface area contributed by atoms with Crippen molar-refractivity contribution in [2.75, 3.05) is 18.5 Å². The number of alkyl halides is 1. The lowest BCUT2D eigenvalue weighted by Crippen LogP contribution is -2.46. The third-order valence-electron chi connectivity index (χ3n) is 8.65. The average Bonchev–Trinajstić information content (AvgIpc) is 3.02. The molecule has 0 bridgehead atoms. The molecule has 3 atom stereocenters. The Hall–Kier alpha value is 0.540. The molecule has 0 spiro atoms. The number of rotatable bonds is 36. The van der Waals surface area contributed by atoms with E-state index < -0.39 is 18.4 Å². The topological polar surface area (TPSA) is 84.9 Å². The van der Waals surface area contributed by atoms with E-state index >= 15 is 0 Å². The first-order chi connectivity index (χ1) is 21.9. The van der Waals surface area contributed by atoms with Crippen LogP contribution in [0.2, 0.25) is 0 Å². The van der Waals surface area contributed by atoms with Crippen molar-refractivity contribution in [1.82, 2.24) is 5.32 Å². The van der Waals surface area contributed by atoms with Gasteiger partial charge in [0, 0.05) is 27.2 Å². The predicted octanol–water partition coefficient (Wildman–Crippen LogP) is 12.7. The smallest absolute Gasteiger partial charge is 0.391 e. The molecule has 0 aromatic carbocycles. The van der Waals surface area contributed by atoms with Gasteiger partial charge in [-0.1, -0.05) is 190 Å². The number of carbonyl (C=O) groups excluding carboxylic acids is 1. The molecule has 0 fully saturated rings. The highest BCUT2D eigenvalue weighted by molar-refractivity contribution is 9.39. The van der Waals surface area contributed by atoms with Crippen LogP contribution in [-0.4, -0.2) is 41.7 Å². The quantitative estimate of drug-likeness (QED) is 0.0375. The molecule has 6 nitrogen and oxygen atoms in total. The molecule has 0 aliphatic rings. The van der Waals surface area contributed by atoms with E-state index in [0.29, 0.717) is 18.2 Å². The summed E-state index contributed by atoms with van der Waals surface area (Å²) in [4.78, 5) is 12.7. The van der Waals surface area contributed by atoms with E-state index in [1.54, 1.807) is 0 Å². The van der Waals surface area contributed by atoms with Crippen molar-refractivity contribution in [3.8, 4) is 0 Å². The molecule has 0 aliphatic carbocycles. The molecule has 45 heavy (non-hydrogen) atoms. The van der Waals surface area contributed by atoms with Gasteiger partial charge in [-0.05, 0) is 12.8 Å². The molecule has 0 saturated heterocycles. The zero-order valence-corrected chi connectivity index (χ0v) is 33.4. The molecule has 0 rings (SSSR count). The summed E-state index contributed by atoms with van der Waals surface area (Å²) in [6, 6.07) is -0.616. The van der Waals surface area contributed by atoms with Crippen molar-refractivity contribution in [3.05, 3.63) is 0 Å². The van der Waals surface area contributed by atoms with Gasteiger partial charge < -0.3 is 10.4 Å². The predicted molar refractivity (Wildman–Crippen MR) is 201 cm³/mol. The zero-order chi connectivity index (χ0) is 33.3. The summed E-state index contributed by atoms with van der Waals surface area (Å²) in [5, 5.41) is 14.4. The van der Waals surface area contributed by atoms with Gasteiger partial charge in [0.15, 0.2) is 0 Å². The monoisotopic (exact) mass is 787 g/mol. The summed E-state index contributed by atoms with van der Waals surface area (Å²) in [5.74, 6) is -0.0816. The summed E-state index contributed by atoms with van der Waals surface area (Å²) < 4.78 is 23.3. The Morgan fingerprint density at radius 3 is 1.42 bits per heavy atom. The van der Waals surface area contributed by atoms with Gasteiger partial charge in [-0.25, -0.2) is 4.57 Å². The number of hydrogen-bond donors (Lipinski definition) is 2. The normalized spacial score (nSPS) is 14.3. The van der Waals surface area contributed by atoms with Crippen molar-refractivity contribution < 1.29 is 23.5 Å². The lowest BCUT2D eigenvalue weighted by Gasteiger charge is -2.25. The van der Waals surface area contributed by atoms with E-state index in [0.717, 1.165) is 32.1 Å². The van der Waals surface area contributed by atoms with Crippen molar-refractivity contribution >= 4 is 43.6 Å². The lowest BCUT2D eigenvalue weighted by molar-refractivity contribution is -0.123. The van der Waals surface area contributed by atoms with Gasteiger partial charge in [0.05, 0.1) is 25.4 Å². The molecule has 2 N–H and O–H groups in total. The second-order valence-electron chi connectivity index (χ2n) is 13.0. The molecular weight excluding hydrogens is 717 g/mol. The third-order valence-corrected chi connectivity index (χ3v) is 11.2. The third kappa shape index (κ3) is 32.8. The van der Waals surface area contributed by atoms with Crippen LogP contribution in [0, 0.1) is 0 Å². The molecule has 1 unspecified atom stereocenters. The number of carbonyl (C=O) groups is 1. The highest BCUT2D eigenvalue weighted by Crippen LogP contribution is 2.56. The molecule has 0 radical (unpaired) electrons. The fourth-order valence-electron chi connectivity index (χ4n) is 5.75. The number of unbranched alkanes of at least 4 members (excludes halogenated alkanes) is 24. The highest BCUT2D eigenvalue weighted by Gasteiger charge is 2.27. The molecule has 0 aromatic heterocycles. The van der Waals surface area contributed by atoms with Crippen LogP contribution in [0.3, 0.4) is 0 Å². The minimum absolute atomic E-state index is 0.0607. The largest absolute Gasteiger partial charge is 0.396 e. The van der Waals surface area contributed by atoms with Crippen LogP contribution in [0.25, 0.3) is 0 Å². The van der Waals surface area contributed by atoms with Crippen LogP contribution in [0.1, 0.15) is 194 Å². The number of aliphatic hydroxyl groups excluding tert-OH is 1. The van der Waals surface area contributed by atoms with Crippen LogP contribution in [0.15, 0.2) is 0 Å². The summed E-state index contributed by atoms with van der Waals surface area (Å²) >= 11 is 6.29. The van der Waals surface area contributed by atoms with Gasteiger partial charge >= 0.3 is 6.30 Å². The first-order valence-electron chi connectivity index (χ1n) is 19.0. The van der Waals surface area contributed by atoms with Gasteiger partial charge in [-0.15, -0.1) is 0 Å². The van der Waals surface area contributed by atoms with Crippen LogP contribution >= 0.6 is 37.7 Å². The Morgan fingerprint density at radius 1 is 0.644 bits per heavy atom. The number of halogens is 2. The first-order valence-corrected chi connectivity index (χ1v) is 23.7. The van der Waals surface area contributed by atoms with Gasteiger partial charge in [-0.2, -0.15) is 0 Å². The number of hydrogen-bond acceptors (Lipinski definition) is 5. The van der Waals surface area contributed by atoms with E-state index in [-0.39, 0.29) is 19.1 Å². The van der Waals surface area contributed by atoms with E-state index in [9.17, 15) is 14.5 Å². The Morgan fingerprint density at radius 2 is 1.02 bits per heavy atom. The van der Waals surface area contributed by atoms with Crippen LogP contribution in [0.4, 0.5) is 0 Å². The molecule has 0 saturated carbocycles. The molecular formula is C36H72Br2NO5P. The Kier molecular flexibility index (Phi) is 34.8. The highest BCUT2D eigenvalue weighted by atomic mass is 79.9. The van der Waals surface area contributed by atoms with Gasteiger partial charge in [0.2, 0.25) is 5.91 Å². The first kappa shape index (κ1) is 45.5. The summed E-state index contributed by atoms with van der Waals surface area (Å²) in [6.45, 7) is 4.70. The number of amides is 1. The van der Waals surface area contributed by atoms with Crippen LogP contribution in [-0.2, 0) is 18.4 Å². The minimum atomic E-state index is -3.44. The SMILES string of the molecule is CCCCCCCCCCCCCCCC(=O)N[C@@H](COP(=O)(Br)OCCBr)[C@H](O)CCCCCCCCCCCCCCC. The van der Waals surface area contributed by atoms with Crippen molar-refractivity contribution in [3.63, 3.8) is 0 Å². The molecule has 0 aromatic rings. The Bertz CT molecular complexity index is 688. The maximum atomic E-state index is 12.7. The fraction of sp³-hybridized carbons (Fsp3) is 0.972. The minimum Gasteiger partial charge on any atom is -0.391 e. The number of nitrogens with one attached hydrogen (secondary N) is 1. The van der Waals surface area contributed by atoms with Crippen LogP contribution in [0.5, 0.6) is 0 Å². The van der Waals surface area contributed by atoms with Crippen molar-refractivity contribution in [2.45, 2.75) is 206 Å². The summed E-state index contributed by atoms with van der Waals surface area (Å²) in [7, 11) is 0. The standard InChI is InChI=1S/C36H72Br2NO5P/c1-3-5-7-9-11-13-15-17-19-21-23-25-27-29-35(40)34(33-44-45(38,42)43-32-31-37)39-36(41)30-28-26-24-22-20-18-16-14-12-10-8-6-4-2/h34-35,40H,3-33H2,1-2H3,(H,39,41)/t34-,35+,45?/m0/s1. The second-order valence-corrected chi connectivity index (χ2v) is 17.8. The second kappa shape index (κ2) is 34.4. The average molecular weight is 790 g/mol. The van der Waals surface area contributed by atoms with E-state index in [2.05, 4.69) is 50.6 Å². The van der Waals surface area contributed by atoms with Gasteiger partial charge in [-0.3, -0.25) is 13.8 Å². The molecule has 1 amide bonds. The summed E-state index contributed by atoms with van der Waals surface area (Å²) in [6.07, 6.45) is 29.8. The maximum absolute atomic E-state index is 12.7.